The lowest BCUT2D eigenvalue weighted by Crippen LogP contribution is -2.23. The van der Waals surface area contributed by atoms with E-state index in [0.29, 0.717) is 46.6 Å². The molecule has 4 aromatic rings. The summed E-state index contributed by atoms with van der Waals surface area (Å²) >= 11 is 0. The Kier molecular flexibility index (Phi) is 6.93. The maximum atomic E-state index is 13.0. The van der Waals surface area contributed by atoms with Crippen LogP contribution >= 0.6 is 0 Å². The van der Waals surface area contributed by atoms with E-state index in [2.05, 4.69) is 24.7 Å². The van der Waals surface area contributed by atoms with Crippen molar-refractivity contribution in [2.45, 2.75) is 23.7 Å². The molecule has 11 heteroatoms. The average Bonchev–Trinajstić information content (AvgIpc) is 3.37. The number of rotatable bonds is 8. The lowest BCUT2D eigenvalue weighted by Gasteiger charge is -2.16. The van der Waals surface area contributed by atoms with Crippen LogP contribution in [0.3, 0.4) is 0 Å². The zero-order chi connectivity index (χ0) is 26.7. The van der Waals surface area contributed by atoms with Crippen molar-refractivity contribution in [3.8, 4) is 11.1 Å². The van der Waals surface area contributed by atoms with Crippen LogP contribution in [0.2, 0.25) is 0 Å². The van der Waals surface area contributed by atoms with Gasteiger partial charge >= 0.3 is 0 Å². The van der Waals surface area contributed by atoms with Gasteiger partial charge < -0.3 is 10.3 Å². The van der Waals surface area contributed by atoms with Crippen LogP contribution < -0.4 is 9.62 Å². The molecule has 0 saturated carbocycles. The highest BCUT2D eigenvalue weighted by Crippen LogP contribution is 2.27. The third kappa shape index (κ3) is 5.14. The number of hydrogen-bond acceptors (Lipinski definition) is 8. The maximum Gasteiger partial charge on any atom is 0.261 e. The van der Waals surface area contributed by atoms with Gasteiger partial charge in [-0.3, -0.25) is 24.5 Å². The highest BCUT2D eigenvalue weighted by atomic mass is 32.2. The molecule has 3 heterocycles. The third-order valence-electron chi connectivity index (χ3n) is 6.25. The minimum absolute atomic E-state index is 0.0434. The first-order valence-corrected chi connectivity index (χ1v) is 13.4. The number of sulfonamides is 1. The number of anilines is 2. The van der Waals surface area contributed by atoms with Crippen molar-refractivity contribution < 1.29 is 13.2 Å². The summed E-state index contributed by atoms with van der Waals surface area (Å²) < 4.78 is 28.7. The van der Waals surface area contributed by atoms with Crippen molar-refractivity contribution in [1.82, 2.24) is 15.0 Å². The van der Waals surface area contributed by atoms with Crippen LogP contribution in [0.5, 0.6) is 0 Å². The van der Waals surface area contributed by atoms with E-state index in [-0.39, 0.29) is 16.7 Å². The van der Waals surface area contributed by atoms with E-state index in [1.807, 2.05) is 18.2 Å². The molecule has 5 rings (SSSR count). The number of pyridine rings is 1. The van der Waals surface area contributed by atoms with Gasteiger partial charge in [-0.25, -0.2) is 13.4 Å². The molecular formula is C27H25N7O3S. The van der Waals surface area contributed by atoms with Crippen LogP contribution in [0.4, 0.5) is 11.4 Å². The number of nitrogens with one attached hydrogen (secondary N) is 2. The summed E-state index contributed by atoms with van der Waals surface area (Å²) in [5.41, 5.74) is 4.41. The van der Waals surface area contributed by atoms with E-state index in [1.165, 1.54) is 24.5 Å². The van der Waals surface area contributed by atoms with Crippen LogP contribution in [0.15, 0.2) is 77.0 Å². The Morgan fingerprint density at radius 1 is 1.05 bits per heavy atom. The standard InChI is InChI=1S/C27H25N7O3S/c1-29-14-20(13-28)26-17-31-24-9-4-18(12-25(24)32-26)19-11-21(16-30-15-19)33-38(36,37)23-7-5-22(6-8-23)34-10-2-3-27(34)35/h4-9,11-17,20,28,33H,2-3,10H2,1H3. The number of carbonyl (C=O) groups is 1. The Morgan fingerprint density at radius 3 is 2.58 bits per heavy atom. The predicted octanol–water partition coefficient (Wildman–Crippen LogP) is 4.05. The minimum atomic E-state index is -3.87. The number of aliphatic imine (C=N–C) groups is 1. The molecule has 2 aromatic heterocycles. The quantitative estimate of drug-likeness (QED) is 0.331. The number of aromatic nitrogens is 3. The molecule has 0 aliphatic carbocycles. The smallest absolute Gasteiger partial charge is 0.261 e. The molecule has 0 radical (unpaired) electrons. The fourth-order valence-electron chi connectivity index (χ4n) is 4.33. The van der Waals surface area contributed by atoms with Gasteiger partial charge in [0.2, 0.25) is 5.91 Å². The van der Waals surface area contributed by atoms with Crippen molar-refractivity contribution >= 4 is 50.8 Å². The second kappa shape index (κ2) is 10.5. The first kappa shape index (κ1) is 25.2. The molecular weight excluding hydrogens is 502 g/mol. The molecule has 1 saturated heterocycles. The van der Waals surface area contributed by atoms with E-state index in [4.69, 9.17) is 5.41 Å². The number of nitrogens with zero attached hydrogens (tertiary/aromatic N) is 5. The molecule has 1 aliphatic rings. The molecule has 1 atom stereocenters. The van der Waals surface area contributed by atoms with Crippen molar-refractivity contribution in [2.24, 2.45) is 4.99 Å². The van der Waals surface area contributed by atoms with E-state index < -0.39 is 10.0 Å². The topological polar surface area (TPSA) is 141 Å². The van der Waals surface area contributed by atoms with Gasteiger partial charge in [0.15, 0.2) is 0 Å². The Bertz CT molecular complexity index is 1650. The first-order valence-electron chi connectivity index (χ1n) is 12.0. The molecule has 2 N–H and O–H groups in total. The minimum Gasteiger partial charge on any atom is -0.312 e. The van der Waals surface area contributed by atoms with Crippen molar-refractivity contribution in [1.29, 1.82) is 5.41 Å². The maximum absolute atomic E-state index is 13.0. The van der Waals surface area contributed by atoms with Crippen molar-refractivity contribution in [3.63, 3.8) is 0 Å². The van der Waals surface area contributed by atoms with Crippen LogP contribution in [0, 0.1) is 5.41 Å². The molecule has 1 fully saturated rings. The average molecular weight is 528 g/mol. The van der Waals surface area contributed by atoms with Gasteiger partial charge in [0.1, 0.15) is 0 Å². The number of fused-ring (bicyclic) bond motifs is 1. The highest BCUT2D eigenvalue weighted by molar-refractivity contribution is 7.92. The van der Waals surface area contributed by atoms with Gasteiger partial charge in [-0.15, -0.1) is 0 Å². The van der Waals surface area contributed by atoms with Crippen molar-refractivity contribution in [3.05, 3.63) is 72.8 Å². The Morgan fingerprint density at radius 2 is 1.87 bits per heavy atom. The fraction of sp³-hybridized carbons (Fsp3) is 0.185. The summed E-state index contributed by atoms with van der Waals surface area (Å²) in [7, 11) is -2.23. The Hall–Kier alpha value is -4.51. The predicted molar refractivity (Wildman–Crippen MR) is 148 cm³/mol. The van der Waals surface area contributed by atoms with Gasteiger partial charge in [-0.2, -0.15) is 0 Å². The summed E-state index contributed by atoms with van der Waals surface area (Å²) in [5, 5.41) is 7.64. The molecule has 10 nitrogen and oxygen atoms in total. The normalized spacial score (nSPS) is 14.8. The number of hydrogen-bond donors (Lipinski definition) is 2. The largest absolute Gasteiger partial charge is 0.312 e. The summed E-state index contributed by atoms with van der Waals surface area (Å²) in [5.74, 6) is -0.327. The van der Waals surface area contributed by atoms with Gasteiger partial charge in [0.05, 0.1) is 45.6 Å². The van der Waals surface area contributed by atoms with Crippen LogP contribution in [-0.2, 0) is 14.8 Å². The SMILES string of the molecule is CN=CC(C=N)c1cnc2ccc(-c3cncc(NS(=O)(=O)c4ccc(N5CCCC5=O)cc4)c3)cc2n1. The second-order valence-corrected chi connectivity index (χ2v) is 10.5. The molecule has 38 heavy (non-hydrogen) atoms. The number of benzene rings is 2. The molecule has 1 unspecified atom stereocenters. The van der Waals surface area contributed by atoms with Crippen LogP contribution in [-0.4, -0.2) is 55.3 Å². The van der Waals surface area contributed by atoms with E-state index in [9.17, 15) is 13.2 Å². The third-order valence-corrected chi connectivity index (χ3v) is 7.64. The summed E-state index contributed by atoms with van der Waals surface area (Å²) in [6.07, 6.45) is 8.90. The van der Waals surface area contributed by atoms with Crippen LogP contribution in [0.1, 0.15) is 24.5 Å². The highest BCUT2D eigenvalue weighted by Gasteiger charge is 2.22. The molecule has 0 bridgehead atoms. The van der Waals surface area contributed by atoms with Gasteiger partial charge in [0, 0.05) is 49.9 Å². The summed E-state index contributed by atoms with van der Waals surface area (Å²) in [6, 6.07) is 13.5. The van der Waals surface area contributed by atoms with E-state index in [0.717, 1.165) is 12.0 Å². The van der Waals surface area contributed by atoms with Gasteiger partial charge in [0.25, 0.3) is 10.0 Å². The zero-order valence-electron chi connectivity index (χ0n) is 20.6. The second-order valence-electron chi connectivity index (χ2n) is 8.81. The molecule has 1 aliphatic heterocycles. The lowest BCUT2D eigenvalue weighted by molar-refractivity contribution is -0.117. The molecule has 2 aromatic carbocycles. The summed E-state index contributed by atoms with van der Waals surface area (Å²) in [4.78, 5) is 31.0. The lowest BCUT2D eigenvalue weighted by atomic mass is 10.1. The summed E-state index contributed by atoms with van der Waals surface area (Å²) in [6.45, 7) is 0.638. The molecule has 0 spiro atoms. The fourth-order valence-corrected chi connectivity index (χ4v) is 5.36. The van der Waals surface area contributed by atoms with Gasteiger partial charge in [-0.1, -0.05) is 6.07 Å². The van der Waals surface area contributed by atoms with Crippen molar-refractivity contribution in [2.75, 3.05) is 23.2 Å². The van der Waals surface area contributed by atoms with Crippen LogP contribution in [0.25, 0.3) is 22.2 Å². The van der Waals surface area contributed by atoms with E-state index >= 15 is 0 Å². The number of amides is 1. The van der Waals surface area contributed by atoms with E-state index in [1.54, 1.807) is 48.8 Å². The Balaban J connectivity index is 1.39. The monoisotopic (exact) mass is 527 g/mol. The zero-order valence-corrected chi connectivity index (χ0v) is 21.4. The molecule has 1 amide bonds. The van der Waals surface area contributed by atoms with Gasteiger partial charge in [-0.05, 0) is 54.4 Å². The first-order chi connectivity index (χ1) is 18.4. The number of carbonyl (C=O) groups excluding carboxylic acids is 1. The molecule has 192 valence electrons. The Labute approximate surface area is 220 Å².